The zero-order chi connectivity index (χ0) is 13.0. The highest BCUT2D eigenvalue weighted by Gasteiger charge is 2.10. The Morgan fingerprint density at radius 2 is 1.56 bits per heavy atom. The minimum absolute atomic E-state index is 0.0833. The van der Waals surface area contributed by atoms with Gasteiger partial charge in [-0.2, -0.15) is 0 Å². The molecule has 0 radical (unpaired) electrons. The Morgan fingerprint density at radius 3 is 2.11 bits per heavy atom. The summed E-state index contributed by atoms with van der Waals surface area (Å²) in [5, 5.41) is 0. The van der Waals surface area contributed by atoms with E-state index < -0.39 is 0 Å². The molecule has 0 fully saturated rings. The highest BCUT2D eigenvalue weighted by atomic mass is 79.9. The fourth-order valence-corrected chi connectivity index (χ4v) is 2.19. The number of hydrogen-bond acceptors (Lipinski definition) is 1. The maximum atomic E-state index is 11.2. The number of Topliss-reactive ketones (excluding diaryl/α,β-unsaturated/α-hetero) is 1. The smallest absolute Gasteiger partial charge is 0.143 e. The fraction of sp³-hybridized carbons (Fsp3) is 0.188. The van der Waals surface area contributed by atoms with Crippen molar-refractivity contribution in [3.63, 3.8) is 0 Å². The lowest BCUT2D eigenvalue weighted by molar-refractivity contribution is -0.116. The summed E-state index contributed by atoms with van der Waals surface area (Å²) < 4.78 is 0. The minimum Gasteiger partial charge on any atom is -0.299 e. The molecule has 1 unspecified atom stereocenters. The second kappa shape index (κ2) is 5.96. The molecule has 1 atom stereocenters. The number of alkyl halides is 1. The van der Waals surface area contributed by atoms with E-state index in [0.717, 1.165) is 6.42 Å². The molecule has 0 spiro atoms. The van der Waals surface area contributed by atoms with Crippen LogP contribution in [-0.2, 0) is 11.2 Å². The number of carbonyl (C=O) groups is 1. The maximum Gasteiger partial charge on any atom is 0.143 e. The van der Waals surface area contributed by atoms with E-state index in [1.165, 1.54) is 16.7 Å². The number of rotatable bonds is 4. The van der Waals surface area contributed by atoms with Gasteiger partial charge in [0.1, 0.15) is 5.78 Å². The van der Waals surface area contributed by atoms with Gasteiger partial charge < -0.3 is 0 Å². The van der Waals surface area contributed by atoms with E-state index in [0.29, 0.717) is 0 Å². The van der Waals surface area contributed by atoms with E-state index in [2.05, 4.69) is 52.3 Å². The van der Waals surface area contributed by atoms with Gasteiger partial charge in [0.15, 0.2) is 0 Å². The summed E-state index contributed by atoms with van der Waals surface area (Å²) in [6.07, 6.45) is 0.740. The molecule has 2 aromatic carbocycles. The van der Waals surface area contributed by atoms with Crippen molar-refractivity contribution in [2.24, 2.45) is 0 Å². The van der Waals surface area contributed by atoms with Crippen LogP contribution in [0.1, 0.15) is 12.5 Å². The van der Waals surface area contributed by atoms with Gasteiger partial charge in [-0.25, -0.2) is 0 Å². The summed E-state index contributed by atoms with van der Waals surface area (Å²) in [6, 6.07) is 18.6. The number of hydrogen-bond donors (Lipinski definition) is 0. The van der Waals surface area contributed by atoms with Crippen molar-refractivity contribution < 1.29 is 4.79 Å². The maximum absolute atomic E-state index is 11.2. The molecule has 0 aliphatic heterocycles. The molecule has 0 aliphatic carbocycles. The van der Waals surface area contributed by atoms with Gasteiger partial charge in [-0.3, -0.25) is 4.79 Å². The Bertz CT molecular complexity index is 517. The lowest BCUT2D eigenvalue weighted by Gasteiger charge is -2.07. The van der Waals surface area contributed by atoms with Crippen LogP contribution in [0.5, 0.6) is 0 Å². The molecule has 0 aromatic heterocycles. The molecular formula is C16H15BrO. The first-order valence-corrected chi connectivity index (χ1v) is 6.87. The Morgan fingerprint density at radius 1 is 1.00 bits per heavy atom. The van der Waals surface area contributed by atoms with Crippen LogP contribution in [0.4, 0.5) is 0 Å². The molecule has 92 valence electrons. The number of ketones is 1. The first-order chi connectivity index (χ1) is 8.66. The molecular weight excluding hydrogens is 288 g/mol. The summed E-state index contributed by atoms with van der Waals surface area (Å²) in [6.45, 7) is 1.61. The van der Waals surface area contributed by atoms with Gasteiger partial charge in [-0.1, -0.05) is 70.5 Å². The topological polar surface area (TPSA) is 17.1 Å². The van der Waals surface area contributed by atoms with Gasteiger partial charge in [0, 0.05) is 0 Å². The summed E-state index contributed by atoms with van der Waals surface area (Å²) in [5.74, 6) is 0.169. The Hall–Kier alpha value is -1.41. The van der Waals surface area contributed by atoms with Gasteiger partial charge in [-0.15, -0.1) is 0 Å². The van der Waals surface area contributed by atoms with E-state index in [1.807, 2.05) is 18.2 Å². The van der Waals surface area contributed by atoms with Crippen molar-refractivity contribution in [2.45, 2.75) is 18.2 Å². The van der Waals surface area contributed by atoms with Crippen molar-refractivity contribution in [2.75, 3.05) is 0 Å². The largest absolute Gasteiger partial charge is 0.299 e. The Kier molecular flexibility index (Phi) is 4.32. The second-order valence-corrected chi connectivity index (χ2v) is 5.45. The number of carbonyl (C=O) groups excluding carboxylic acids is 1. The van der Waals surface area contributed by atoms with Gasteiger partial charge in [0.05, 0.1) is 4.83 Å². The highest BCUT2D eigenvalue weighted by molar-refractivity contribution is 9.10. The summed E-state index contributed by atoms with van der Waals surface area (Å²) >= 11 is 3.39. The van der Waals surface area contributed by atoms with Crippen LogP contribution in [0, 0.1) is 0 Å². The Balaban J connectivity index is 2.13. The van der Waals surface area contributed by atoms with Crippen LogP contribution in [0.2, 0.25) is 0 Å². The van der Waals surface area contributed by atoms with Crippen molar-refractivity contribution in [1.82, 2.24) is 0 Å². The lowest BCUT2D eigenvalue weighted by atomic mass is 10.0. The monoisotopic (exact) mass is 302 g/mol. The molecule has 0 bridgehead atoms. The van der Waals surface area contributed by atoms with Crippen LogP contribution in [0.15, 0.2) is 54.6 Å². The first kappa shape index (κ1) is 13.0. The van der Waals surface area contributed by atoms with E-state index in [1.54, 1.807) is 6.92 Å². The van der Waals surface area contributed by atoms with Crippen molar-refractivity contribution in [3.8, 4) is 11.1 Å². The van der Waals surface area contributed by atoms with Crippen LogP contribution >= 0.6 is 15.9 Å². The van der Waals surface area contributed by atoms with Crippen LogP contribution in [0.25, 0.3) is 11.1 Å². The number of benzene rings is 2. The second-order valence-electron chi connectivity index (χ2n) is 4.35. The van der Waals surface area contributed by atoms with Crippen LogP contribution in [0.3, 0.4) is 0 Å². The average molecular weight is 303 g/mol. The Labute approximate surface area is 116 Å². The first-order valence-electron chi connectivity index (χ1n) is 5.95. The van der Waals surface area contributed by atoms with Crippen molar-refractivity contribution >= 4 is 21.7 Å². The van der Waals surface area contributed by atoms with Crippen LogP contribution < -0.4 is 0 Å². The molecule has 0 aliphatic rings. The fourth-order valence-electron chi connectivity index (χ4n) is 1.81. The molecule has 0 saturated carbocycles. The minimum atomic E-state index is -0.0833. The molecule has 0 saturated heterocycles. The average Bonchev–Trinajstić information content (AvgIpc) is 2.40. The molecule has 0 amide bonds. The standard InChI is InChI=1S/C16H15BrO/c1-12(18)16(17)11-13-7-9-15(10-8-13)14-5-3-2-4-6-14/h2-10,16H,11H2,1H3. The van der Waals surface area contributed by atoms with Gasteiger partial charge in [0.25, 0.3) is 0 Å². The molecule has 2 aromatic rings. The third-order valence-electron chi connectivity index (χ3n) is 2.92. The molecule has 0 heterocycles. The zero-order valence-corrected chi connectivity index (χ0v) is 11.9. The zero-order valence-electron chi connectivity index (χ0n) is 10.3. The van der Waals surface area contributed by atoms with Crippen molar-refractivity contribution in [1.29, 1.82) is 0 Å². The van der Waals surface area contributed by atoms with Gasteiger partial charge in [-0.05, 0) is 30.0 Å². The predicted molar refractivity (Wildman–Crippen MR) is 79.0 cm³/mol. The van der Waals surface area contributed by atoms with Crippen LogP contribution in [-0.4, -0.2) is 10.6 Å². The summed E-state index contributed by atoms with van der Waals surface area (Å²) in [7, 11) is 0. The third-order valence-corrected chi connectivity index (χ3v) is 3.89. The van der Waals surface area contributed by atoms with E-state index >= 15 is 0 Å². The highest BCUT2D eigenvalue weighted by Crippen LogP contribution is 2.20. The van der Waals surface area contributed by atoms with E-state index in [9.17, 15) is 4.79 Å². The molecule has 1 nitrogen and oxygen atoms in total. The molecule has 2 rings (SSSR count). The van der Waals surface area contributed by atoms with Gasteiger partial charge >= 0.3 is 0 Å². The third kappa shape index (κ3) is 3.30. The lowest BCUT2D eigenvalue weighted by Crippen LogP contribution is -2.12. The SMILES string of the molecule is CC(=O)C(Br)Cc1ccc(-c2ccccc2)cc1. The van der Waals surface area contributed by atoms with Gasteiger partial charge in [0.2, 0.25) is 0 Å². The summed E-state index contributed by atoms with van der Waals surface area (Å²) in [4.78, 5) is 11.1. The normalized spacial score (nSPS) is 12.1. The van der Waals surface area contributed by atoms with Crippen molar-refractivity contribution in [3.05, 3.63) is 60.2 Å². The predicted octanol–water partition coefficient (Wildman–Crippen LogP) is 4.25. The quantitative estimate of drug-likeness (QED) is 0.772. The van der Waals surface area contributed by atoms with E-state index in [-0.39, 0.29) is 10.6 Å². The number of halogens is 1. The molecule has 2 heteroatoms. The molecule has 18 heavy (non-hydrogen) atoms. The van der Waals surface area contributed by atoms with E-state index in [4.69, 9.17) is 0 Å². The molecule has 0 N–H and O–H groups in total. The summed E-state index contributed by atoms with van der Waals surface area (Å²) in [5.41, 5.74) is 3.59.